The van der Waals surface area contributed by atoms with Crippen LogP contribution in [0, 0.1) is 0 Å². The summed E-state index contributed by atoms with van der Waals surface area (Å²) >= 11 is 0. The van der Waals surface area contributed by atoms with E-state index in [9.17, 15) is 9.59 Å². The van der Waals surface area contributed by atoms with Crippen molar-refractivity contribution >= 4 is 11.8 Å². The van der Waals surface area contributed by atoms with Crippen molar-refractivity contribution in [3.63, 3.8) is 0 Å². The largest absolute Gasteiger partial charge is 0.347 e. The minimum absolute atomic E-state index is 0.0577. The lowest BCUT2D eigenvalue weighted by Gasteiger charge is -2.17. The maximum Gasteiger partial charge on any atom is 0.241 e. The number of hydrogen-bond acceptors (Lipinski definition) is 3. The topological polar surface area (TPSA) is 62.3 Å². The number of pyridine rings is 1. The zero-order valence-corrected chi connectivity index (χ0v) is 10.1. The van der Waals surface area contributed by atoms with Gasteiger partial charge < -0.3 is 10.2 Å². The third-order valence-corrected chi connectivity index (χ3v) is 2.40. The molecule has 0 unspecified atom stereocenters. The fourth-order valence-corrected chi connectivity index (χ4v) is 1.31. The molecule has 2 amide bonds. The number of carbonyl (C=O) groups is 2. The van der Waals surface area contributed by atoms with Crippen molar-refractivity contribution < 1.29 is 9.59 Å². The van der Waals surface area contributed by atoms with Crippen LogP contribution in [0.4, 0.5) is 0 Å². The highest BCUT2D eigenvalue weighted by Gasteiger charge is 2.08. The molecule has 1 aromatic rings. The lowest BCUT2D eigenvalue weighted by atomic mass is 10.2. The normalized spacial score (nSPS) is 9.76. The first-order valence-electron chi connectivity index (χ1n) is 5.47. The van der Waals surface area contributed by atoms with Crippen molar-refractivity contribution in [2.75, 3.05) is 20.1 Å². The summed E-state index contributed by atoms with van der Waals surface area (Å²) in [6.07, 6.45) is 4.24. The van der Waals surface area contributed by atoms with Crippen LogP contribution in [0.25, 0.3) is 0 Å². The standard InChI is InChI=1S/C12H17N3O2/c1-10(16)14-9-12(17)15(2)8-5-11-3-6-13-7-4-11/h3-4,6-7H,5,8-9H2,1-2H3,(H,14,16). The minimum Gasteiger partial charge on any atom is -0.347 e. The van der Waals surface area contributed by atoms with Crippen molar-refractivity contribution in [3.8, 4) is 0 Å². The lowest BCUT2D eigenvalue weighted by Crippen LogP contribution is -2.38. The molecule has 0 spiro atoms. The third kappa shape index (κ3) is 5.10. The highest BCUT2D eigenvalue weighted by molar-refractivity contribution is 5.83. The predicted molar refractivity (Wildman–Crippen MR) is 64.3 cm³/mol. The van der Waals surface area contributed by atoms with Gasteiger partial charge in [0.25, 0.3) is 0 Å². The zero-order valence-electron chi connectivity index (χ0n) is 10.1. The molecule has 0 saturated carbocycles. The zero-order chi connectivity index (χ0) is 12.7. The molecule has 1 N–H and O–H groups in total. The van der Waals surface area contributed by atoms with Crippen molar-refractivity contribution in [2.45, 2.75) is 13.3 Å². The molecule has 0 atom stereocenters. The van der Waals surface area contributed by atoms with E-state index >= 15 is 0 Å². The van der Waals surface area contributed by atoms with Crippen LogP contribution < -0.4 is 5.32 Å². The Labute approximate surface area is 101 Å². The van der Waals surface area contributed by atoms with Crippen molar-refractivity contribution in [3.05, 3.63) is 30.1 Å². The van der Waals surface area contributed by atoms with Crippen LogP contribution >= 0.6 is 0 Å². The number of rotatable bonds is 5. The van der Waals surface area contributed by atoms with Gasteiger partial charge in [0.15, 0.2) is 0 Å². The van der Waals surface area contributed by atoms with Crippen LogP contribution in [0.3, 0.4) is 0 Å². The Bertz CT molecular complexity index is 379. The maximum absolute atomic E-state index is 11.6. The van der Waals surface area contributed by atoms with E-state index in [0.29, 0.717) is 6.54 Å². The van der Waals surface area contributed by atoms with E-state index in [-0.39, 0.29) is 18.4 Å². The van der Waals surface area contributed by atoms with E-state index in [2.05, 4.69) is 10.3 Å². The van der Waals surface area contributed by atoms with Gasteiger partial charge >= 0.3 is 0 Å². The van der Waals surface area contributed by atoms with Crippen LogP contribution in [0.2, 0.25) is 0 Å². The molecule has 92 valence electrons. The molecule has 0 aliphatic carbocycles. The molecule has 17 heavy (non-hydrogen) atoms. The summed E-state index contributed by atoms with van der Waals surface area (Å²) in [5.41, 5.74) is 1.14. The number of hydrogen-bond donors (Lipinski definition) is 1. The molecule has 1 aromatic heterocycles. The van der Waals surface area contributed by atoms with Gasteiger partial charge in [-0.25, -0.2) is 0 Å². The second-order valence-electron chi connectivity index (χ2n) is 3.83. The Morgan fingerprint density at radius 3 is 2.59 bits per heavy atom. The molecule has 0 fully saturated rings. The van der Waals surface area contributed by atoms with Gasteiger partial charge in [-0.1, -0.05) is 0 Å². The van der Waals surface area contributed by atoms with E-state index in [1.54, 1.807) is 24.3 Å². The van der Waals surface area contributed by atoms with E-state index in [1.807, 2.05) is 12.1 Å². The molecule has 5 nitrogen and oxygen atoms in total. The van der Waals surface area contributed by atoms with E-state index in [4.69, 9.17) is 0 Å². The van der Waals surface area contributed by atoms with Gasteiger partial charge in [-0.05, 0) is 24.1 Å². The quantitative estimate of drug-likeness (QED) is 0.794. The fraction of sp³-hybridized carbons (Fsp3) is 0.417. The lowest BCUT2D eigenvalue weighted by molar-refractivity contribution is -0.131. The van der Waals surface area contributed by atoms with Gasteiger partial charge in [-0.2, -0.15) is 0 Å². The number of amides is 2. The first-order chi connectivity index (χ1) is 8.09. The summed E-state index contributed by atoms with van der Waals surface area (Å²) in [5, 5.41) is 2.48. The molecular formula is C12H17N3O2. The Kier molecular flexibility index (Phi) is 5.13. The average molecular weight is 235 g/mol. The molecule has 0 aliphatic rings. The third-order valence-electron chi connectivity index (χ3n) is 2.40. The second-order valence-corrected chi connectivity index (χ2v) is 3.83. The SMILES string of the molecule is CC(=O)NCC(=O)N(C)CCc1ccncc1. The van der Waals surface area contributed by atoms with Crippen LogP contribution in [-0.2, 0) is 16.0 Å². The van der Waals surface area contributed by atoms with E-state index in [0.717, 1.165) is 12.0 Å². The first-order valence-corrected chi connectivity index (χ1v) is 5.47. The van der Waals surface area contributed by atoms with Crippen LogP contribution in [-0.4, -0.2) is 41.8 Å². The Hall–Kier alpha value is -1.91. The molecule has 5 heteroatoms. The molecular weight excluding hydrogens is 218 g/mol. The molecule has 0 bridgehead atoms. The summed E-state index contributed by atoms with van der Waals surface area (Å²) in [5.74, 6) is -0.282. The highest BCUT2D eigenvalue weighted by Crippen LogP contribution is 1.98. The monoisotopic (exact) mass is 235 g/mol. The highest BCUT2D eigenvalue weighted by atomic mass is 16.2. The summed E-state index contributed by atoms with van der Waals surface area (Å²) in [6, 6.07) is 3.85. The van der Waals surface area contributed by atoms with Gasteiger partial charge in [0.1, 0.15) is 0 Å². The maximum atomic E-state index is 11.6. The van der Waals surface area contributed by atoms with Gasteiger partial charge in [-0.3, -0.25) is 14.6 Å². The average Bonchev–Trinajstić information content (AvgIpc) is 2.34. The molecule has 0 aromatic carbocycles. The summed E-state index contributed by atoms with van der Waals surface area (Å²) in [7, 11) is 1.73. The Morgan fingerprint density at radius 1 is 1.35 bits per heavy atom. The smallest absolute Gasteiger partial charge is 0.241 e. The van der Waals surface area contributed by atoms with Crippen LogP contribution in [0.5, 0.6) is 0 Å². The molecule has 0 radical (unpaired) electrons. The van der Waals surface area contributed by atoms with Crippen LogP contribution in [0.15, 0.2) is 24.5 Å². The number of nitrogens with zero attached hydrogens (tertiary/aromatic N) is 2. The molecule has 0 aliphatic heterocycles. The summed E-state index contributed by atoms with van der Waals surface area (Å²) < 4.78 is 0. The first kappa shape index (κ1) is 13.2. The second kappa shape index (κ2) is 6.62. The van der Waals surface area contributed by atoms with Gasteiger partial charge in [0.05, 0.1) is 6.54 Å². The Morgan fingerprint density at radius 2 is 2.00 bits per heavy atom. The van der Waals surface area contributed by atoms with E-state index in [1.165, 1.54) is 6.92 Å². The molecule has 1 rings (SSSR count). The molecule has 1 heterocycles. The van der Waals surface area contributed by atoms with Gasteiger partial charge in [-0.15, -0.1) is 0 Å². The minimum atomic E-state index is -0.194. The Balaban J connectivity index is 2.31. The van der Waals surface area contributed by atoms with Crippen molar-refractivity contribution in [1.82, 2.24) is 15.2 Å². The summed E-state index contributed by atoms with van der Waals surface area (Å²) in [6.45, 7) is 2.08. The van der Waals surface area contributed by atoms with E-state index < -0.39 is 0 Å². The van der Waals surface area contributed by atoms with Crippen molar-refractivity contribution in [1.29, 1.82) is 0 Å². The number of nitrogens with one attached hydrogen (secondary N) is 1. The predicted octanol–water partition coefficient (Wildman–Crippen LogP) is 0.219. The number of aromatic nitrogens is 1. The van der Waals surface area contributed by atoms with Crippen LogP contribution in [0.1, 0.15) is 12.5 Å². The summed E-state index contributed by atoms with van der Waals surface area (Å²) in [4.78, 5) is 27.8. The molecule has 0 saturated heterocycles. The fourth-order valence-electron chi connectivity index (χ4n) is 1.31. The number of likely N-dealkylation sites (N-methyl/N-ethyl adjacent to an activating group) is 1. The van der Waals surface area contributed by atoms with Gasteiger partial charge in [0.2, 0.25) is 11.8 Å². The van der Waals surface area contributed by atoms with Crippen molar-refractivity contribution in [2.24, 2.45) is 0 Å². The van der Waals surface area contributed by atoms with Gasteiger partial charge in [0, 0.05) is 32.9 Å². The number of carbonyl (C=O) groups excluding carboxylic acids is 2.